The molecule has 13 heavy (non-hydrogen) atoms. The van der Waals surface area contributed by atoms with Gasteiger partial charge in [-0.05, 0) is 38.5 Å². The van der Waals surface area contributed by atoms with Crippen LogP contribution in [0.2, 0.25) is 0 Å². The molecule has 2 heteroatoms. The van der Waals surface area contributed by atoms with E-state index < -0.39 is 0 Å². The van der Waals surface area contributed by atoms with Gasteiger partial charge in [0.15, 0.2) is 0 Å². The average Bonchev–Trinajstić information content (AvgIpc) is 2.32. The fraction of sp³-hybridized carbons (Fsp3) is 0.909. The first-order valence-electron chi connectivity index (χ1n) is 5.55. The number of hydrogen-bond acceptors (Lipinski definition) is 2. The van der Waals surface area contributed by atoms with Gasteiger partial charge >= 0.3 is 5.97 Å². The molecule has 0 N–H and O–H groups in total. The molecule has 0 spiro atoms. The van der Waals surface area contributed by atoms with Crippen molar-refractivity contribution in [3.63, 3.8) is 0 Å². The summed E-state index contributed by atoms with van der Waals surface area (Å²) >= 11 is 0. The number of hydrogen-bond donors (Lipinski definition) is 0. The van der Waals surface area contributed by atoms with Crippen molar-refractivity contribution in [1.29, 1.82) is 0 Å². The lowest BCUT2D eigenvalue weighted by Gasteiger charge is -2.41. The maximum Gasteiger partial charge on any atom is 0.309 e. The van der Waals surface area contributed by atoms with Crippen molar-refractivity contribution in [3.05, 3.63) is 0 Å². The maximum atomic E-state index is 11.6. The third-order valence-electron chi connectivity index (χ3n) is 4.25. The molecule has 2 bridgehead atoms. The van der Waals surface area contributed by atoms with E-state index in [1.165, 1.54) is 25.7 Å². The van der Waals surface area contributed by atoms with Crippen molar-refractivity contribution in [2.24, 2.45) is 11.8 Å². The van der Waals surface area contributed by atoms with Gasteiger partial charge in [0.1, 0.15) is 5.60 Å². The number of esters is 1. The molecular formula is C11H16O2. The van der Waals surface area contributed by atoms with Crippen LogP contribution < -0.4 is 0 Å². The molecule has 1 heterocycles. The zero-order chi connectivity index (χ0) is 8.89. The highest BCUT2D eigenvalue weighted by molar-refractivity contribution is 5.76. The fourth-order valence-electron chi connectivity index (χ4n) is 3.67. The van der Waals surface area contributed by atoms with E-state index in [1.54, 1.807) is 0 Å². The number of carbonyl (C=O) groups is 1. The van der Waals surface area contributed by atoms with Crippen molar-refractivity contribution in [1.82, 2.24) is 0 Å². The summed E-state index contributed by atoms with van der Waals surface area (Å²) in [5, 5.41) is 0. The summed E-state index contributed by atoms with van der Waals surface area (Å²) < 4.78 is 5.64. The standard InChI is InChI=1S/C11H16O2/c12-10-8-4-3-7-11(13-10)6-2-1-5-9(8)11/h8-9H,1-7H2/t8-,9-,11+/m1/s1. The molecule has 2 saturated carbocycles. The van der Waals surface area contributed by atoms with Gasteiger partial charge in [0, 0.05) is 5.92 Å². The van der Waals surface area contributed by atoms with Crippen molar-refractivity contribution < 1.29 is 9.53 Å². The van der Waals surface area contributed by atoms with E-state index in [4.69, 9.17) is 4.74 Å². The minimum absolute atomic E-state index is 0.0122. The quantitative estimate of drug-likeness (QED) is 0.534. The molecule has 72 valence electrons. The van der Waals surface area contributed by atoms with Gasteiger partial charge in [-0.25, -0.2) is 0 Å². The van der Waals surface area contributed by atoms with Crippen LogP contribution in [0, 0.1) is 11.8 Å². The summed E-state index contributed by atoms with van der Waals surface area (Å²) in [4.78, 5) is 11.6. The Hall–Kier alpha value is -0.530. The van der Waals surface area contributed by atoms with E-state index in [-0.39, 0.29) is 17.5 Å². The van der Waals surface area contributed by atoms with Crippen LogP contribution in [-0.2, 0) is 9.53 Å². The third kappa shape index (κ3) is 0.918. The lowest BCUT2D eigenvalue weighted by molar-refractivity contribution is -0.151. The van der Waals surface area contributed by atoms with Gasteiger partial charge in [0.05, 0.1) is 5.92 Å². The first kappa shape index (κ1) is 7.84. The highest BCUT2D eigenvalue weighted by Crippen LogP contribution is 2.54. The Morgan fingerprint density at radius 1 is 1.15 bits per heavy atom. The number of ether oxygens (including phenoxy) is 1. The maximum absolute atomic E-state index is 11.6. The van der Waals surface area contributed by atoms with Crippen LogP contribution in [0.1, 0.15) is 44.9 Å². The second-order valence-corrected chi connectivity index (χ2v) is 4.84. The second kappa shape index (κ2) is 2.49. The summed E-state index contributed by atoms with van der Waals surface area (Å²) in [6, 6.07) is 0. The topological polar surface area (TPSA) is 26.3 Å². The van der Waals surface area contributed by atoms with Gasteiger partial charge in [-0.3, -0.25) is 4.79 Å². The van der Waals surface area contributed by atoms with Gasteiger partial charge < -0.3 is 4.74 Å². The molecule has 2 nitrogen and oxygen atoms in total. The van der Waals surface area contributed by atoms with Crippen LogP contribution in [0.15, 0.2) is 0 Å². The molecule has 3 fully saturated rings. The highest BCUT2D eigenvalue weighted by Gasteiger charge is 2.57. The average molecular weight is 180 g/mol. The molecule has 0 aromatic heterocycles. The predicted octanol–water partition coefficient (Wildman–Crippen LogP) is 2.27. The minimum atomic E-state index is 0.0122. The van der Waals surface area contributed by atoms with Crippen molar-refractivity contribution in [3.8, 4) is 0 Å². The lowest BCUT2D eigenvalue weighted by Crippen LogP contribution is -2.42. The number of rotatable bonds is 0. The van der Waals surface area contributed by atoms with Crippen LogP contribution >= 0.6 is 0 Å². The Bertz CT molecular complexity index is 244. The van der Waals surface area contributed by atoms with Crippen molar-refractivity contribution >= 4 is 5.97 Å². The van der Waals surface area contributed by atoms with E-state index >= 15 is 0 Å². The lowest BCUT2D eigenvalue weighted by atomic mass is 9.65. The van der Waals surface area contributed by atoms with Crippen LogP contribution in [0.5, 0.6) is 0 Å². The SMILES string of the molecule is O=C1O[C@]23CCCC[C@@H]2[C@H]1CCC3. The Balaban J connectivity index is 1.98. The number of carbonyl (C=O) groups excluding carboxylic acids is 1. The van der Waals surface area contributed by atoms with E-state index in [0.717, 1.165) is 19.3 Å². The molecule has 3 aliphatic rings. The van der Waals surface area contributed by atoms with Gasteiger partial charge in [0.2, 0.25) is 0 Å². The molecule has 0 aromatic carbocycles. The monoisotopic (exact) mass is 180 g/mol. The molecule has 0 radical (unpaired) electrons. The molecule has 0 unspecified atom stereocenters. The fourth-order valence-corrected chi connectivity index (χ4v) is 3.67. The Morgan fingerprint density at radius 3 is 2.85 bits per heavy atom. The zero-order valence-electron chi connectivity index (χ0n) is 7.92. The highest BCUT2D eigenvalue weighted by atomic mass is 16.6. The van der Waals surface area contributed by atoms with E-state index in [2.05, 4.69) is 0 Å². The Morgan fingerprint density at radius 2 is 2.00 bits per heavy atom. The van der Waals surface area contributed by atoms with Crippen LogP contribution in [-0.4, -0.2) is 11.6 Å². The zero-order valence-corrected chi connectivity index (χ0v) is 7.92. The first-order chi connectivity index (χ1) is 6.32. The summed E-state index contributed by atoms with van der Waals surface area (Å²) in [6.07, 6.45) is 8.37. The summed E-state index contributed by atoms with van der Waals surface area (Å²) in [7, 11) is 0. The van der Waals surface area contributed by atoms with E-state index in [1.807, 2.05) is 0 Å². The predicted molar refractivity (Wildman–Crippen MR) is 48.1 cm³/mol. The molecule has 1 saturated heterocycles. The summed E-state index contributed by atoms with van der Waals surface area (Å²) in [5.41, 5.74) is 0.0122. The molecule has 3 rings (SSSR count). The van der Waals surface area contributed by atoms with Crippen LogP contribution in [0.3, 0.4) is 0 Å². The van der Waals surface area contributed by atoms with Crippen molar-refractivity contribution in [2.75, 3.05) is 0 Å². The third-order valence-corrected chi connectivity index (χ3v) is 4.25. The molecule has 0 aromatic rings. The smallest absolute Gasteiger partial charge is 0.309 e. The summed E-state index contributed by atoms with van der Waals surface area (Å²) in [5.74, 6) is 0.973. The van der Waals surface area contributed by atoms with Crippen LogP contribution in [0.25, 0.3) is 0 Å². The molecule has 0 amide bonds. The second-order valence-electron chi connectivity index (χ2n) is 4.84. The van der Waals surface area contributed by atoms with Crippen LogP contribution in [0.4, 0.5) is 0 Å². The largest absolute Gasteiger partial charge is 0.459 e. The molecule has 3 atom stereocenters. The van der Waals surface area contributed by atoms with Gasteiger partial charge in [-0.2, -0.15) is 0 Å². The molecule has 2 aliphatic carbocycles. The van der Waals surface area contributed by atoms with Gasteiger partial charge in [0.25, 0.3) is 0 Å². The van der Waals surface area contributed by atoms with E-state index in [0.29, 0.717) is 5.92 Å². The van der Waals surface area contributed by atoms with E-state index in [9.17, 15) is 4.79 Å². The van der Waals surface area contributed by atoms with Gasteiger partial charge in [-0.1, -0.05) is 6.42 Å². The Labute approximate surface area is 78.6 Å². The normalized spacial score (nSPS) is 48.5. The Kier molecular flexibility index (Phi) is 1.50. The first-order valence-corrected chi connectivity index (χ1v) is 5.55. The molecular weight excluding hydrogens is 164 g/mol. The van der Waals surface area contributed by atoms with Gasteiger partial charge in [-0.15, -0.1) is 0 Å². The minimum Gasteiger partial charge on any atom is -0.459 e. The summed E-state index contributed by atoms with van der Waals surface area (Å²) in [6.45, 7) is 0. The van der Waals surface area contributed by atoms with Crippen molar-refractivity contribution in [2.45, 2.75) is 50.5 Å². The molecule has 1 aliphatic heterocycles.